The third-order valence-corrected chi connectivity index (χ3v) is 4.31. The molecule has 2 rings (SSSR count). The second-order valence-electron chi connectivity index (χ2n) is 4.83. The van der Waals surface area contributed by atoms with Gasteiger partial charge in [0.05, 0.1) is 4.90 Å². The first-order valence-electron chi connectivity index (χ1n) is 6.42. The van der Waals surface area contributed by atoms with Gasteiger partial charge in [-0.05, 0) is 12.8 Å². The summed E-state index contributed by atoms with van der Waals surface area (Å²) in [6.45, 7) is 5.38. The van der Waals surface area contributed by atoms with Gasteiger partial charge in [0.25, 0.3) is 0 Å². The Morgan fingerprint density at radius 2 is 2.16 bits per heavy atom. The number of hydrogen-bond acceptors (Lipinski definition) is 5. The van der Waals surface area contributed by atoms with Gasteiger partial charge in [-0.1, -0.05) is 13.8 Å². The smallest absolute Gasteiger partial charge is 0.355 e. The predicted molar refractivity (Wildman–Crippen MR) is 72.8 cm³/mol. The fraction of sp³-hybridized carbons (Fsp3) is 0.615. The number of carbonyl (C=O) groups is 1. The molecule has 1 fully saturated rings. The minimum absolute atomic E-state index is 0.121. The van der Waals surface area contributed by atoms with Gasteiger partial charge in [-0.15, -0.1) is 11.8 Å². The van der Waals surface area contributed by atoms with Crippen molar-refractivity contribution in [1.82, 2.24) is 9.97 Å². The second-order valence-corrected chi connectivity index (χ2v) is 6.17. The van der Waals surface area contributed by atoms with Crippen LogP contribution in [0.1, 0.15) is 48.9 Å². The standard InChI is InChI=1S/C13H18N2O3S/c1-8(2)12-14-7-10(11(15-12)13(16)17)19-9-3-5-18-6-4-9/h7-9H,3-6H2,1-2H3,(H,16,17). The van der Waals surface area contributed by atoms with Gasteiger partial charge in [0.1, 0.15) is 5.82 Å². The molecule has 0 amide bonds. The van der Waals surface area contributed by atoms with Crippen LogP contribution in [0, 0.1) is 0 Å². The molecule has 1 N–H and O–H groups in total. The van der Waals surface area contributed by atoms with E-state index in [9.17, 15) is 9.90 Å². The molecule has 0 radical (unpaired) electrons. The first kappa shape index (κ1) is 14.3. The Morgan fingerprint density at radius 1 is 1.47 bits per heavy atom. The maximum atomic E-state index is 11.3. The van der Waals surface area contributed by atoms with Crippen molar-refractivity contribution >= 4 is 17.7 Å². The van der Waals surface area contributed by atoms with E-state index in [-0.39, 0.29) is 11.6 Å². The van der Waals surface area contributed by atoms with E-state index < -0.39 is 5.97 Å². The highest BCUT2D eigenvalue weighted by atomic mass is 32.2. The molecule has 1 aromatic heterocycles. The molecule has 1 aromatic rings. The molecule has 0 saturated carbocycles. The number of nitrogens with zero attached hydrogens (tertiary/aromatic N) is 2. The van der Waals surface area contributed by atoms with Crippen LogP contribution in [-0.4, -0.2) is 39.5 Å². The number of thioether (sulfide) groups is 1. The zero-order valence-electron chi connectivity index (χ0n) is 11.1. The lowest BCUT2D eigenvalue weighted by molar-refractivity contribution is 0.0685. The van der Waals surface area contributed by atoms with E-state index in [0.29, 0.717) is 16.0 Å². The largest absolute Gasteiger partial charge is 0.476 e. The first-order valence-corrected chi connectivity index (χ1v) is 7.30. The fourth-order valence-electron chi connectivity index (χ4n) is 1.88. The summed E-state index contributed by atoms with van der Waals surface area (Å²) < 4.78 is 5.30. The number of rotatable bonds is 4. The topological polar surface area (TPSA) is 72.3 Å². The number of hydrogen-bond donors (Lipinski definition) is 1. The third-order valence-electron chi connectivity index (χ3n) is 2.95. The number of aromatic nitrogens is 2. The van der Waals surface area contributed by atoms with Gasteiger partial charge in [0.2, 0.25) is 0 Å². The molecule has 0 atom stereocenters. The van der Waals surface area contributed by atoms with Crippen molar-refractivity contribution in [2.45, 2.75) is 42.8 Å². The SMILES string of the molecule is CC(C)c1ncc(SC2CCOCC2)c(C(=O)O)n1. The van der Waals surface area contributed by atoms with Gasteiger partial charge in [-0.3, -0.25) is 0 Å². The van der Waals surface area contributed by atoms with Gasteiger partial charge in [0.15, 0.2) is 5.69 Å². The quantitative estimate of drug-likeness (QED) is 0.915. The fourth-order valence-corrected chi connectivity index (χ4v) is 3.02. The molecule has 2 heterocycles. The molecule has 19 heavy (non-hydrogen) atoms. The van der Waals surface area contributed by atoms with Crippen LogP contribution >= 0.6 is 11.8 Å². The van der Waals surface area contributed by atoms with Crippen molar-refractivity contribution in [3.8, 4) is 0 Å². The van der Waals surface area contributed by atoms with Crippen molar-refractivity contribution in [1.29, 1.82) is 0 Å². The Morgan fingerprint density at radius 3 is 2.74 bits per heavy atom. The maximum Gasteiger partial charge on any atom is 0.355 e. The summed E-state index contributed by atoms with van der Waals surface area (Å²) >= 11 is 1.55. The lowest BCUT2D eigenvalue weighted by Gasteiger charge is -2.21. The summed E-state index contributed by atoms with van der Waals surface area (Å²) in [7, 11) is 0. The minimum atomic E-state index is -0.987. The van der Waals surface area contributed by atoms with Crippen LogP contribution in [0.15, 0.2) is 11.1 Å². The lowest BCUT2D eigenvalue weighted by Crippen LogP contribution is -2.18. The van der Waals surface area contributed by atoms with Crippen LogP contribution in [-0.2, 0) is 4.74 Å². The van der Waals surface area contributed by atoms with Crippen LogP contribution in [0.4, 0.5) is 0 Å². The van der Waals surface area contributed by atoms with Crippen molar-refractivity contribution < 1.29 is 14.6 Å². The van der Waals surface area contributed by atoms with Crippen molar-refractivity contribution in [2.75, 3.05) is 13.2 Å². The molecule has 0 aromatic carbocycles. The number of carboxylic acid groups (broad SMARTS) is 1. The van der Waals surface area contributed by atoms with Crippen LogP contribution in [0.5, 0.6) is 0 Å². The molecule has 1 saturated heterocycles. The van der Waals surface area contributed by atoms with Crippen LogP contribution < -0.4 is 0 Å². The molecule has 1 aliphatic rings. The molecule has 5 nitrogen and oxygen atoms in total. The molecule has 0 unspecified atom stereocenters. The molecule has 104 valence electrons. The van der Waals surface area contributed by atoms with E-state index in [1.807, 2.05) is 13.8 Å². The molecule has 6 heteroatoms. The van der Waals surface area contributed by atoms with E-state index in [0.717, 1.165) is 26.1 Å². The molecule has 1 aliphatic heterocycles. The Kier molecular flexibility index (Phi) is 4.76. The zero-order chi connectivity index (χ0) is 13.8. The zero-order valence-corrected chi connectivity index (χ0v) is 11.9. The average molecular weight is 282 g/mol. The van der Waals surface area contributed by atoms with Crippen molar-refractivity contribution in [3.05, 3.63) is 17.7 Å². The maximum absolute atomic E-state index is 11.3. The van der Waals surface area contributed by atoms with Crippen LogP contribution in [0.2, 0.25) is 0 Å². The summed E-state index contributed by atoms with van der Waals surface area (Å²) in [5.41, 5.74) is 0.121. The van der Waals surface area contributed by atoms with Crippen LogP contribution in [0.3, 0.4) is 0 Å². The predicted octanol–water partition coefficient (Wildman–Crippen LogP) is 2.57. The monoisotopic (exact) mass is 282 g/mol. The van der Waals surface area contributed by atoms with E-state index in [1.165, 1.54) is 0 Å². The Hall–Kier alpha value is -1.14. The molecule has 0 bridgehead atoms. The van der Waals surface area contributed by atoms with E-state index >= 15 is 0 Å². The van der Waals surface area contributed by atoms with Crippen LogP contribution in [0.25, 0.3) is 0 Å². The molecule has 0 aliphatic carbocycles. The summed E-state index contributed by atoms with van der Waals surface area (Å²) in [6.07, 6.45) is 3.53. The summed E-state index contributed by atoms with van der Waals surface area (Å²) in [4.78, 5) is 20.4. The van der Waals surface area contributed by atoms with Gasteiger partial charge in [0, 0.05) is 30.6 Å². The van der Waals surface area contributed by atoms with E-state index in [1.54, 1.807) is 18.0 Å². The van der Waals surface area contributed by atoms with Gasteiger partial charge in [-0.25, -0.2) is 14.8 Å². The highest BCUT2D eigenvalue weighted by molar-refractivity contribution is 8.00. The van der Waals surface area contributed by atoms with Gasteiger partial charge < -0.3 is 9.84 Å². The molecule has 0 spiro atoms. The Balaban J connectivity index is 2.21. The molecular weight excluding hydrogens is 264 g/mol. The van der Waals surface area contributed by atoms with Gasteiger partial charge in [-0.2, -0.15) is 0 Å². The first-order chi connectivity index (χ1) is 9.08. The highest BCUT2D eigenvalue weighted by Gasteiger charge is 2.21. The lowest BCUT2D eigenvalue weighted by atomic mass is 10.2. The summed E-state index contributed by atoms with van der Waals surface area (Å²) in [6, 6.07) is 0. The average Bonchev–Trinajstić information content (AvgIpc) is 2.39. The van der Waals surface area contributed by atoms with E-state index in [2.05, 4.69) is 9.97 Å². The number of carboxylic acids is 1. The van der Waals surface area contributed by atoms with Crippen molar-refractivity contribution in [2.24, 2.45) is 0 Å². The Bertz CT molecular complexity index is 459. The molecular formula is C13H18N2O3S. The number of aromatic carboxylic acids is 1. The van der Waals surface area contributed by atoms with Crippen molar-refractivity contribution in [3.63, 3.8) is 0 Å². The Labute approximate surface area is 116 Å². The minimum Gasteiger partial charge on any atom is -0.476 e. The highest BCUT2D eigenvalue weighted by Crippen LogP contribution is 2.31. The summed E-state index contributed by atoms with van der Waals surface area (Å²) in [5, 5.41) is 9.66. The normalized spacial score (nSPS) is 16.8. The second kappa shape index (κ2) is 6.34. The van der Waals surface area contributed by atoms with E-state index in [4.69, 9.17) is 4.74 Å². The summed E-state index contributed by atoms with van der Waals surface area (Å²) in [5.74, 6) is -0.284. The number of ether oxygens (including phenoxy) is 1. The van der Waals surface area contributed by atoms with Gasteiger partial charge >= 0.3 is 5.97 Å². The third kappa shape index (κ3) is 3.67.